The number of nitrogens with zero attached hydrogens (tertiary/aromatic N) is 2. The molecule has 0 spiro atoms. The van der Waals surface area contributed by atoms with Crippen LogP contribution in [-0.2, 0) is 6.61 Å². The molecule has 0 saturated carbocycles. The van der Waals surface area contributed by atoms with Gasteiger partial charge in [-0.3, -0.25) is 10.1 Å². The van der Waals surface area contributed by atoms with Crippen LogP contribution in [0.15, 0.2) is 41.9 Å². The predicted octanol–water partition coefficient (Wildman–Crippen LogP) is 3.49. The normalized spacial score (nSPS) is 10.7. The summed E-state index contributed by atoms with van der Waals surface area (Å²) < 4.78 is 6.34. The van der Waals surface area contributed by atoms with Crippen molar-refractivity contribution in [2.75, 3.05) is 0 Å². The number of hydrogen-bond acceptors (Lipinski definition) is 6. The molecule has 0 fully saturated rings. The van der Waals surface area contributed by atoms with Crippen LogP contribution in [0.4, 0.5) is 5.69 Å². The quantitative estimate of drug-likeness (QED) is 0.589. The zero-order valence-corrected chi connectivity index (χ0v) is 11.5. The number of aliphatic hydroxyl groups excluding tert-OH is 1. The minimum atomic E-state index is -0.493. The van der Waals surface area contributed by atoms with Gasteiger partial charge in [0, 0.05) is 0 Å². The predicted molar refractivity (Wildman–Crippen MR) is 78.7 cm³/mol. The molecule has 1 N–H and O–H groups in total. The Morgan fingerprint density at radius 3 is 2.95 bits per heavy atom. The summed E-state index contributed by atoms with van der Waals surface area (Å²) >= 11 is 1.34. The van der Waals surface area contributed by atoms with Crippen LogP contribution < -0.4 is 4.74 Å². The molecule has 6 nitrogen and oxygen atoms in total. The fraction of sp³-hybridized carbons (Fsp3) is 0.0714. The van der Waals surface area contributed by atoms with Gasteiger partial charge >= 0.3 is 5.69 Å². The minimum Gasteiger partial charge on any atom is -0.450 e. The summed E-state index contributed by atoms with van der Waals surface area (Å²) in [5.41, 5.74) is 2.40. The molecule has 0 saturated heterocycles. The molecular formula is C14H10N2O4S. The summed E-state index contributed by atoms with van der Waals surface area (Å²) in [5.74, 6) is 0.563. The lowest BCUT2D eigenvalue weighted by atomic mass is 10.2. The van der Waals surface area contributed by atoms with Crippen molar-refractivity contribution >= 4 is 27.2 Å². The fourth-order valence-corrected chi connectivity index (χ4v) is 2.67. The van der Waals surface area contributed by atoms with Crippen molar-refractivity contribution in [3.63, 3.8) is 0 Å². The Labute approximate surface area is 123 Å². The van der Waals surface area contributed by atoms with Gasteiger partial charge in [-0.2, -0.15) is 0 Å². The number of benzene rings is 2. The molecule has 0 amide bonds. The van der Waals surface area contributed by atoms with Crippen molar-refractivity contribution in [2.45, 2.75) is 6.61 Å². The lowest BCUT2D eigenvalue weighted by Crippen LogP contribution is -1.95. The molecule has 3 rings (SSSR count). The maximum atomic E-state index is 11.3. The first-order chi connectivity index (χ1) is 10.2. The summed E-state index contributed by atoms with van der Waals surface area (Å²) in [6.45, 7) is -0.121. The highest BCUT2D eigenvalue weighted by Crippen LogP contribution is 2.38. The third-order valence-electron chi connectivity index (χ3n) is 2.93. The molecule has 1 aromatic heterocycles. The lowest BCUT2D eigenvalue weighted by Gasteiger charge is -2.07. The average Bonchev–Trinajstić information content (AvgIpc) is 2.95. The lowest BCUT2D eigenvalue weighted by molar-refractivity contribution is -0.384. The summed E-state index contributed by atoms with van der Waals surface area (Å²) in [7, 11) is 0. The molecule has 0 bridgehead atoms. The average molecular weight is 302 g/mol. The second-order valence-corrected chi connectivity index (χ2v) is 5.16. The third kappa shape index (κ3) is 2.56. The standard InChI is InChI=1S/C14H10N2O4S/c17-7-9-2-1-3-10(6-9)20-11-4-5-12-13(15-8-21-12)14(11)16(18)19/h1-6,8,17H,7H2. The van der Waals surface area contributed by atoms with Crippen LogP contribution in [0, 0.1) is 10.1 Å². The van der Waals surface area contributed by atoms with E-state index in [0.717, 1.165) is 4.70 Å². The van der Waals surface area contributed by atoms with E-state index in [9.17, 15) is 10.1 Å². The molecule has 0 atom stereocenters. The van der Waals surface area contributed by atoms with Gasteiger partial charge in [-0.15, -0.1) is 11.3 Å². The first kappa shape index (κ1) is 13.5. The second-order valence-electron chi connectivity index (χ2n) is 4.28. The molecular weight excluding hydrogens is 292 g/mol. The van der Waals surface area contributed by atoms with Crippen LogP contribution >= 0.6 is 11.3 Å². The molecule has 7 heteroatoms. The van der Waals surface area contributed by atoms with Gasteiger partial charge in [0.25, 0.3) is 0 Å². The molecule has 0 unspecified atom stereocenters. The van der Waals surface area contributed by atoms with Crippen molar-refractivity contribution in [1.82, 2.24) is 4.98 Å². The number of ether oxygens (including phenoxy) is 1. The van der Waals surface area contributed by atoms with Crippen LogP contribution in [0.1, 0.15) is 5.56 Å². The van der Waals surface area contributed by atoms with Crippen LogP contribution in [-0.4, -0.2) is 15.0 Å². The monoisotopic (exact) mass is 302 g/mol. The highest BCUT2D eigenvalue weighted by Gasteiger charge is 2.22. The van der Waals surface area contributed by atoms with E-state index in [1.54, 1.807) is 41.9 Å². The van der Waals surface area contributed by atoms with Crippen molar-refractivity contribution < 1.29 is 14.8 Å². The molecule has 0 aliphatic heterocycles. The number of hydrogen-bond donors (Lipinski definition) is 1. The highest BCUT2D eigenvalue weighted by molar-refractivity contribution is 7.16. The Hall–Kier alpha value is -2.51. The van der Waals surface area contributed by atoms with E-state index in [4.69, 9.17) is 9.84 Å². The maximum absolute atomic E-state index is 11.3. The van der Waals surface area contributed by atoms with Crippen LogP contribution in [0.3, 0.4) is 0 Å². The van der Waals surface area contributed by atoms with E-state index in [0.29, 0.717) is 16.8 Å². The van der Waals surface area contributed by atoms with Crippen LogP contribution in [0.25, 0.3) is 10.2 Å². The number of aromatic nitrogens is 1. The van der Waals surface area contributed by atoms with Crippen LogP contribution in [0.5, 0.6) is 11.5 Å². The number of aliphatic hydroxyl groups is 1. The summed E-state index contributed by atoms with van der Waals surface area (Å²) in [4.78, 5) is 14.8. The molecule has 0 aliphatic rings. The zero-order valence-electron chi connectivity index (χ0n) is 10.7. The van der Waals surface area contributed by atoms with Crippen molar-refractivity contribution in [3.05, 3.63) is 57.6 Å². The maximum Gasteiger partial charge on any atom is 0.338 e. The topological polar surface area (TPSA) is 85.5 Å². The number of rotatable bonds is 4. The van der Waals surface area contributed by atoms with Gasteiger partial charge in [0.2, 0.25) is 5.75 Å². The van der Waals surface area contributed by atoms with E-state index >= 15 is 0 Å². The fourth-order valence-electron chi connectivity index (χ4n) is 1.99. The van der Waals surface area contributed by atoms with E-state index in [2.05, 4.69) is 4.98 Å². The Morgan fingerprint density at radius 1 is 1.33 bits per heavy atom. The number of thiazole rings is 1. The van der Waals surface area contributed by atoms with Gasteiger partial charge in [0.05, 0.1) is 21.7 Å². The van der Waals surface area contributed by atoms with E-state index in [1.165, 1.54) is 11.3 Å². The Balaban J connectivity index is 2.07. The van der Waals surface area contributed by atoms with Crippen molar-refractivity contribution in [3.8, 4) is 11.5 Å². The van der Waals surface area contributed by atoms with Crippen molar-refractivity contribution in [1.29, 1.82) is 0 Å². The summed E-state index contributed by atoms with van der Waals surface area (Å²) in [6, 6.07) is 10.1. The molecule has 1 heterocycles. The molecule has 106 valence electrons. The van der Waals surface area contributed by atoms with Gasteiger partial charge in [0.1, 0.15) is 5.75 Å². The van der Waals surface area contributed by atoms with E-state index in [-0.39, 0.29) is 18.0 Å². The molecule has 21 heavy (non-hydrogen) atoms. The zero-order chi connectivity index (χ0) is 14.8. The van der Waals surface area contributed by atoms with E-state index < -0.39 is 4.92 Å². The van der Waals surface area contributed by atoms with Gasteiger partial charge in [-0.25, -0.2) is 4.98 Å². The Bertz CT molecular complexity index is 816. The van der Waals surface area contributed by atoms with E-state index in [1.807, 2.05) is 0 Å². The molecule has 3 aromatic rings. The number of nitro groups is 1. The smallest absolute Gasteiger partial charge is 0.338 e. The second kappa shape index (κ2) is 5.47. The molecule has 2 aromatic carbocycles. The largest absolute Gasteiger partial charge is 0.450 e. The van der Waals surface area contributed by atoms with Gasteiger partial charge < -0.3 is 9.84 Å². The van der Waals surface area contributed by atoms with Crippen molar-refractivity contribution in [2.24, 2.45) is 0 Å². The Morgan fingerprint density at radius 2 is 2.19 bits per heavy atom. The van der Waals surface area contributed by atoms with Gasteiger partial charge in [0.15, 0.2) is 5.52 Å². The number of nitro benzene ring substituents is 1. The van der Waals surface area contributed by atoms with Gasteiger partial charge in [-0.1, -0.05) is 12.1 Å². The Kier molecular flexibility index (Phi) is 3.51. The minimum absolute atomic E-state index is 0.121. The molecule has 0 radical (unpaired) electrons. The summed E-state index contributed by atoms with van der Waals surface area (Å²) in [5, 5.41) is 20.4. The summed E-state index contributed by atoms with van der Waals surface area (Å²) in [6.07, 6.45) is 0. The van der Waals surface area contributed by atoms with Gasteiger partial charge in [-0.05, 0) is 29.8 Å². The third-order valence-corrected chi connectivity index (χ3v) is 3.72. The SMILES string of the molecule is O=[N+]([O-])c1c(Oc2cccc(CO)c2)ccc2scnc12. The first-order valence-electron chi connectivity index (χ1n) is 6.07. The first-order valence-corrected chi connectivity index (χ1v) is 6.95. The number of fused-ring (bicyclic) bond motifs is 1. The highest BCUT2D eigenvalue weighted by atomic mass is 32.1. The molecule has 0 aliphatic carbocycles. The van der Waals surface area contributed by atoms with Crippen LogP contribution in [0.2, 0.25) is 0 Å².